The molecule has 0 radical (unpaired) electrons. The molecule has 0 unspecified atom stereocenters. The van der Waals surface area contributed by atoms with Crippen molar-refractivity contribution in [2.45, 2.75) is 0 Å². The number of nitrogens with one attached hydrogen (secondary N) is 2. The molecule has 2 N–H and O–H groups in total. The summed E-state index contributed by atoms with van der Waals surface area (Å²) in [6, 6.07) is 14.6. The molecular weight excluding hydrogens is 222 g/mol. The molecule has 2 aromatic carbocycles. The van der Waals surface area contributed by atoms with Crippen LogP contribution in [0.3, 0.4) is 0 Å². The highest BCUT2D eigenvalue weighted by Crippen LogP contribution is 2.28. The van der Waals surface area contributed by atoms with Crippen LogP contribution in [0, 0.1) is 0 Å². The topological polar surface area (TPSA) is 37.0 Å². The minimum absolute atomic E-state index is 1.01. The monoisotopic (exact) mass is 237 g/mol. The second-order valence-electron chi connectivity index (χ2n) is 4.27. The normalized spacial score (nSPS) is 10.8. The Morgan fingerprint density at radius 3 is 2.28 bits per heavy atom. The van der Waals surface area contributed by atoms with Crippen molar-refractivity contribution >= 4 is 33.2 Å². The first-order valence-corrected chi connectivity index (χ1v) is 6.01. The Morgan fingerprint density at radius 1 is 0.778 bits per heavy atom. The standard InChI is InChI=1S/C15H15N3/c1-16-14-8-11-7-10-5-3-4-6-12(10)18-13(11)9-15(14)17-2/h3-9,16-17H,1-2H3. The van der Waals surface area contributed by atoms with E-state index in [9.17, 15) is 0 Å². The van der Waals surface area contributed by atoms with Crippen LogP contribution in [0.1, 0.15) is 0 Å². The summed E-state index contributed by atoms with van der Waals surface area (Å²) in [7, 11) is 3.85. The van der Waals surface area contributed by atoms with Gasteiger partial charge >= 0.3 is 0 Å². The van der Waals surface area contributed by atoms with E-state index in [4.69, 9.17) is 4.98 Å². The number of hydrogen-bond donors (Lipinski definition) is 2. The molecule has 0 atom stereocenters. The minimum atomic E-state index is 1.01. The van der Waals surface area contributed by atoms with Gasteiger partial charge in [-0.3, -0.25) is 0 Å². The van der Waals surface area contributed by atoms with Gasteiger partial charge in [-0.25, -0.2) is 4.98 Å². The molecule has 0 spiro atoms. The van der Waals surface area contributed by atoms with Gasteiger partial charge in [0.2, 0.25) is 0 Å². The SMILES string of the molecule is CNc1cc2cc3ccccc3nc2cc1NC. The summed E-state index contributed by atoms with van der Waals surface area (Å²) in [5.41, 5.74) is 4.19. The number of pyridine rings is 1. The van der Waals surface area contributed by atoms with E-state index in [0.29, 0.717) is 0 Å². The summed E-state index contributed by atoms with van der Waals surface area (Å²) in [5, 5.41) is 8.70. The summed E-state index contributed by atoms with van der Waals surface area (Å²) >= 11 is 0. The Balaban J connectivity index is 2.36. The smallest absolute Gasteiger partial charge is 0.0731 e. The molecule has 0 bridgehead atoms. The molecule has 90 valence electrons. The van der Waals surface area contributed by atoms with Crippen LogP contribution in [-0.2, 0) is 0 Å². The molecule has 18 heavy (non-hydrogen) atoms. The van der Waals surface area contributed by atoms with Crippen LogP contribution in [-0.4, -0.2) is 19.1 Å². The number of para-hydroxylation sites is 1. The van der Waals surface area contributed by atoms with Crippen molar-refractivity contribution in [2.75, 3.05) is 24.7 Å². The van der Waals surface area contributed by atoms with Gasteiger partial charge in [0.1, 0.15) is 0 Å². The summed E-state index contributed by atoms with van der Waals surface area (Å²) in [5.74, 6) is 0. The van der Waals surface area contributed by atoms with Gasteiger partial charge in [0, 0.05) is 24.9 Å². The summed E-state index contributed by atoms with van der Waals surface area (Å²) in [4.78, 5) is 4.69. The van der Waals surface area contributed by atoms with E-state index in [1.54, 1.807) is 0 Å². The maximum Gasteiger partial charge on any atom is 0.0731 e. The molecule has 3 heteroatoms. The van der Waals surface area contributed by atoms with Crippen molar-refractivity contribution in [2.24, 2.45) is 0 Å². The van der Waals surface area contributed by atoms with Crippen molar-refractivity contribution in [3.63, 3.8) is 0 Å². The van der Waals surface area contributed by atoms with Crippen LogP contribution in [0.15, 0.2) is 42.5 Å². The third kappa shape index (κ3) is 1.64. The number of nitrogens with zero attached hydrogens (tertiary/aromatic N) is 1. The average Bonchev–Trinajstić information content (AvgIpc) is 2.43. The molecular formula is C15H15N3. The van der Waals surface area contributed by atoms with Crippen molar-refractivity contribution in [3.8, 4) is 0 Å². The number of benzene rings is 2. The number of anilines is 2. The van der Waals surface area contributed by atoms with E-state index in [2.05, 4.69) is 34.9 Å². The lowest BCUT2D eigenvalue weighted by molar-refractivity contribution is 1.44. The van der Waals surface area contributed by atoms with E-state index in [-0.39, 0.29) is 0 Å². The number of aromatic nitrogens is 1. The maximum absolute atomic E-state index is 4.69. The van der Waals surface area contributed by atoms with Gasteiger partial charge < -0.3 is 10.6 Å². The molecule has 3 aromatic rings. The highest BCUT2D eigenvalue weighted by molar-refractivity contribution is 5.97. The highest BCUT2D eigenvalue weighted by atomic mass is 14.9. The molecule has 3 rings (SSSR count). The Morgan fingerprint density at radius 2 is 1.50 bits per heavy atom. The van der Waals surface area contributed by atoms with Crippen molar-refractivity contribution in [3.05, 3.63) is 42.5 Å². The minimum Gasteiger partial charge on any atom is -0.386 e. The van der Waals surface area contributed by atoms with Crippen LogP contribution < -0.4 is 10.6 Å². The zero-order chi connectivity index (χ0) is 12.5. The largest absolute Gasteiger partial charge is 0.386 e. The van der Waals surface area contributed by atoms with Crippen LogP contribution in [0.25, 0.3) is 21.8 Å². The Kier molecular flexibility index (Phi) is 2.52. The van der Waals surface area contributed by atoms with Crippen LogP contribution in [0.5, 0.6) is 0 Å². The zero-order valence-electron chi connectivity index (χ0n) is 10.5. The fourth-order valence-electron chi connectivity index (χ4n) is 2.24. The van der Waals surface area contributed by atoms with Gasteiger partial charge in [0.25, 0.3) is 0 Å². The van der Waals surface area contributed by atoms with E-state index in [1.807, 2.05) is 32.3 Å². The van der Waals surface area contributed by atoms with Gasteiger partial charge in [-0.2, -0.15) is 0 Å². The van der Waals surface area contributed by atoms with Gasteiger partial charge in [-0.05, 0) is 24.3 Å². The first-order chi connectivity index (χ1) is 8.81. The van der Waals surface area contributed by atoms with Crippen molar-refractivity contribution in [1.82, 2.24) is 4.98 Å². The number of fused-ring (bicyclic) bond motifs is 2. The predicted molar refractivity (Wildman–Crippen MR) is 78.3 cm³/mol. The van der Waals surface area contributed by atoms with Crippen molar-refractivity contribution < 1.29 is 0 Å². The van der Waals surface area contributed by atoms with Crippen LogP contribution in [0.2, 0.25) is 0 Å². The molecule has 0 aliphatic heterocycles. The molecule has 3 nitrogen and oxygen atoms in total. The average molecular weight is 237 g/mol. The molecule has 0 amide bonds. The number of hydrogen-bond acceptors (Lipinski definition) is 3. The van der Waals surface area contributed by atoms with E-state index in [1.165, 1.54) is 5.39 Å². The van der Waals surface area contributed by atoms with E-state index < -0.39 is 0 Å². The molecule has 1 aromatic heterocycles. The molecule has 1 heterocycles. The first kappa shape index (κ1) is 10.8. The number of rotatable bonds is 2. The molecule has 0 saturated carbocycles. The fraction of sp³-hybridized carbons (Fsp3) is 0.133. The molecule has 0 aliphatic carbocycles. The fourth-order valence-corrected chi connectivity index (χ4v) is 2.24. The van der Waals surface area contributed by atoms with E-state index in [0.717, 1.165) is 27.8 Å². The van der Waals surface area contributed by atoms with Gasteiger partial charge in [0.15, 0.2) is 0 Å². The van der Waals surface area contributed by atoms with Crippen molar-refractivity contribution in [1.29, 1.82) is 0 Å². The quantitative estimate of drug-likeness (QED) is 0.670. The Bertz CT molecular complexity index is 657. The summed E-state index contributed by atoms with van der Waals surface area (Å²) in [6.45, 7) is 0. The maximum atomic E-state index is 4.69. The summed E-state index contributed by atoms with van der Waals surface area (Å²) in [6.07, 6.45) is 0. The van der Waals surface area contributed by atoms with Gasteiger partial charge in [-0.15, -0.1) is 0 Å². The van der Waals surface area contributed by atoms with Crippen LogP contribution >= 0.6 is 0 Å². The predicted octanol–water partition coefficient (Wildman–Crippen LogP) is 3.47. The lowest BCUT2D eigenvalue weighted by Crippen LogP contribution is -1.97. The Labute approximate surface area is 106 Å². The third-order valence-corrected chi connectivity index (χ3v) is 3.19. The zero-order valence-corrected chi connectivity index (χ0v) is 10.5. The first-order valence-electron chi connectivity index (χ1n) is 6.01. The third-order valence-electron chi connectivity index (χ3n) is 3.19. The molecule has 0 aliphatic rings. The molecule has 0 fully saturated rings. The lowest BCUT2D eigenvalue weighted by atomic mass is 10.1. The molecule has 0 saturated heterocycles. The summed E-state index contributed by atoms with van der Waals surface area (Å²) < 4.78 is 0. The van der Waals surface area contributed by atoms with Crippen LogP contribution in [0.4, 0.5) is 11.4 Å². The second kappa shape index (κ2) is 4.18. The van der Waals surface area contributed by atoms with Gasteiger partial charge in [-0.1, -0.05) is 18.2 Å². The Hall–Kier alpha value is -2.29. The second-order valence-corrected chi connectivity index (χ2v) is 4.27. The lowest BCUT2D eigenvalue weighted by Gasteiger charge is -2.10. The van der Waals surface area contributed by atoms with E-state index >= 15 is 0 Å². The highest BCUT2D eigenvalue weighted by Gasteiger charge is 2.04. The van der Waals surface area contributed by atoms with Gasteiger partial charge in [0.05, 0.1) is 22.4 Å².